The fraction of sp³-hybridized carbons (Fsp3) is 0.100. The van der Waals surface area contributed by atoms with Crippen molar-refractivity contribution in [3.05, 3.63) is 64.0 Å². The third-order valence-electron chi connectivity index (χ3n) is 3.89. The van der Waals surface area contributed by atoms with E-state index in [4.69, 9.17) is 13.9 Å². The molecule has 0 aliphatic carbocycles. The van der Waals surface area contributed by atoms with Crippen LogP contribution in [-0.2, 0) is 0 Å². The molecule has 0 aliphatic rings. The van der Waals surface area contributed by atoms with Gasteiger partial charge >= 0.3 is 5.63 Å². The van der Waals surface area contributed by atoms with E-state index in [0.29, 0.717) is 16.7 Å². The number of ether oxygens (including phenoxy) is 2. The number of carbonyl (C=O) groups is 1. The molecule has 0 radical (unpaired) electrons. The largest absolute Gasteiger partial charge is 0.508 e. The van der Waals surface area contributed by atoms with Crippen molar-refractivity contribution < 1.29 is 28.9 Å². The summed E-state index contributed by atoms with van der Waals surface area (Å²) in [5, 5.41) is 20.3. The number of phenolic OH excluding ortho intramolecular Hbond substituents is 2. The van der Waals surface area contributed by atoms with E-state index in [9.17, 15) is 19.8 Å². The molecule has 1 heterocycles. The number of allylic oxidation sites excluding steroid dienone is 1. The number of aromatic hydroxyl groups is 2. The molecule has 2 N–H and O–H groups in total. The topological polar surface area (TPSA) is 106 Å². The van der Waals surface area contributed by atoms with Crippen molar-refractivity contribution in [1.82, 2.24) is 0 Å². The zero-order valence-corrected chi connectivity index (χ0v) is 14.6. The van der Waals surface area contributed by atoms with Gasteiger partial charge in [0, 0.05) is 18.2 Å². The average Bonchev–Trinajstić information content (AvgIpc) is 2.64. The Morgan fingerprint density at radius 2 is 1.85 bits per heavy atom. The molecule has 3 aromatic rings. The highest BCUT2D eigenvalue weighted by atomic mass is 16.5. The monoisotopic (exact) mass is 368 g/mol. The second-order valence-electron chi connectivity index (χ2n) is 5.63. The standard InChI is InChI=1S/C20H16O7/c1-25-13-8-11(7-12(21)9-13)3-5-15(22)19-16(23)10-17(26-2)14-4-6-18(24)27-20(14)19/h3-10,21,23H,1-2H3/b5-3+. The van der Waals surface area contributed by atoms with E-state index < -0.39 is 11.4 Å². The molecule has 0 aliphatic heterocycles. The molecule has 0 spiro atoms. The third kappa shape index (κ3) is 3.62. The van der Waals surface area contributed by atoms with Crippen molar-refractivity contribution in [2.24, 2.45) is 0 Å². The predicted octanol–water partition coefficient (Wildman–Crippen LogP) is 3.12. The molecule has 0 atom stereocenters. The van der Waals surface area contributed by atoms with Crippen LogP contribution in [0.5, 0.6) is 23.0 Å². The lowest BCUT2D eigenvalue weighted by atomic mass is 10.0. The van der Waals surface area contributed by atoms with Crippen LogP contribution >= 0.6 is 0 Å². The number of rotatable bonds is 5. The molecule has 0 saturated heterocycles. The zero-order chi connectivity index (χ0) is 19.6. The van der Waals surface area contributed by atoms with Gasteiger partial charge in [-0.3, -0.25) is 4.79 Å². The van der Waals surface area contributed by atoms with E-state index in [1.807, 2.05) is 0 Å². The summed E-state index contributed by atoms with van der Waals surface area (Å²) in [5.74, 6) is -0.297. The lowest BCUT2D eigenvalue weighted by Crippen LogP contribution is -2.02. The van der Waals surface area contributed by atoms with Crippen molar-refractivity contribution in [1.29, 1.82) is 0 Å². The van der Waals surface area contributed by atoms with Gasteiger partial charge in [0.15, 0.2) is 11.4 Å². The van der Waals surface area contributed by atoms with Crippen LogP contribution in [0.4, 0.5) is 0 Å². The fourth-order valence-corrected chi connectivity index (χ4v) is 2.67. The van der Waals surface area contributed by atoms with Crippen LogP contribution in [0, 0.1) is 0 Å². The Labute approximate surface area is 153 Å². The van der Waals surface area contributed by atoms with E-state index in [1.54, 1.807) is 6.07 Å². The molecule has 3 rings (SSSR count). The second kappa shape index (κ2) is 7.25. The number of carbonyl (C=O) groups excluding carboxylic acids is 1. The number of benzene rings is 2. The van der Waals surface area contributed by atoms with E-state index in [2.05, 4.69) is 0 Å². The molecule has 27 heavy (non-hydrogen) atoms. The summed E-state index contributed by atoms with van der Waals surface area (Å²) >= 11 is 0. The number of methoxy groups -OCH3 is 2. The Balaban J connectivity index is 2.08. The molecule has 1 aromatic heterocycles. The van der Waals surface area contributed by atoms with E-state index >= 15 is 0 Å². The molecular weight excluding hydrogens is 352 g/mol. The Morgan fingerprint density at radius 3 is 2.56 bits per heavy atom. The Kier molecular flexibility index (Phi) is 4.85. The van der Waals surface area contributed by atoms with Crippen LogP contribution in [0.25, 0.3) is 17.0 Å². The van der Waals surface area contributed by atoms with Gasteiger partial charge in [-0.2, -0.15) is 0 Å². The molecule has 0 amide bonds. The van der Waals surface area contributed by atoms with Crippen molar-refractivity contribution in [2.75, 3.05) is 14.2 Å². The number of fused-ring (bicyclic) bond motifs is 1. The molecule has 0 fully saturated rings. The summed E-state index contributed by atoms with van der Waals surface area (Å²) in [7, 11) is 2.85. The number of phenols is 2. The lowest BCUT2D eigenvalue weighted by Gasteiger charge is -2.09. The van der Waals surface area contributed by atoms with Gasteiger partial charge < -0.3 is 24.1 Å². The highest BCUT2D eigenvalue weighted by molar-refractivity contribution is 6.16. The van der Waals surface area contributed by atoms with Crippen molar-refractivity contribution >= 4 is 22.8 Å². The molecule has 7 heteroatoms. The Bertz CT molecular complexity index is 1110. The first kappa shape index (κ1) is 18.1. The first-order valence-corrected chi connectivity index (χ1v) is 7.87. The van der Waals surface area contributed by atoms with Crippen LogP contribution in [-0.4, -0.2) is 30.2 Å². The molecule has 0 saturated carbocycles. The van der Waals surface area contributed by atoms with Gasteiger partial charge in [-0.05, 0) is 29.8 Å². The minimum Gasteiger partial charge on any atom is -0.508 e. The average molecular weight is 368 g/mol. The molecule has 0 bridgehead atoms. The van der Waals surface area contributed by atoms with Crippen molar-refractivity contribution in [2.45, 2.75) is 0 Å². The Hall–Kier alpha value is -3.74. The molecule has 7 nitrogen and oxygen atoms in total. The maximum Gasteiger partial charge on any atom is 0.336 e. The fourth-order valence-electron chi connectivity index (χ4n) is 2.67. The summed E-state index contributed by atoms with van der Waals surface area (Å²) < 4.78 is 15.4. The number of ketones is 1. The first-order chi connectivity index (χ1) is 12.9. The molecule has 2 aromatic carbocycles. The maximum absolute atomic E-state index is 12.7. The molecule has 0 unspecified atom stereocenters. The normalized spacial score (nSPS) is 11.0. The minimum atomic E-state index is -0.661. The third-order valence-corrected chi connectivity index (χ3v) is 3.89. The van der Waals surface area contributed by atoms with E-state index in [-0.39, 0.29) is 28.4 Å². The zero-order valence-electron chi connectivity index (χ0n) is 14.6. The maximum atomic E-state index is 12.7. The van der Waals surface area contributed by atoms with Gasteiger partial charge in [-0.1, -0.05) is 6.08 Å². The summed E-state index contributed by atoms with van der Waals surface area (Å²) in [6.45, 7) is 0. The number of hydrogen-bond acceptors (Lipinski definition) is 7. The molecular formula is C20H16O7. The van der Waals surface area contributed by atoms with Crippen LogP contribution in [0.15, 0.2) is 51.7 Å². The number of hydrogen-bond donors (Lipinski definition) is 2. The van der Waals surface area contributed by atoms with Crippen LogP contribution in [0.2, 0.25) is 0 Å². The summed E-state index contributed by atoms with van der Waals surface area (Å²) in [5.41, 5.74) is -0.376. The van der Waals surface area contributed by atoms with Gasteiger partial charge in [0.25, 0.3) is 0 Å². The molecule has 138 valence electrons. The van der Waals surface area contributed by atoms with Crippen LogP contribution < -0.4 is 15.1 Å². The summed E-state index contributed by atoms with van der Waals surface area (Å²) in [6, 6.07) is 8.43. The minimum absolute atomic E-state index is 0.0230. The van der Waals surface area contributed by atoms with Crippen LogP contribution in [0.3, 0.4) is 0 Å². The smallest absolute Gasteiger partial charge is 0.336 e. The van der Waals surface area contributed by atoms with Gasteiger partial charge in [0.05, 0.1) is 19.6 Å². The van der Waals surface area contributed by atoms with Gasteiger partial charge in [-0.25, -0.2) is 4.79 Å². The highest BCUT2D eigenvalue weighted by Crippen LogP contribution is 2.35. The second-order valence-corrected chi connectivity index (χ2v) is 5.63. The van der Waals surface area contributed by atoms with E-state index in [1.165, 1.54) is 56.7 Å². The van der Waals surface area contributed by atoms with Crippen LogP contribution in [0.1, 0.15) is 15.9 Å². The van der Waals surface area contributed by atoms with Crippen molar-refractivity contribution in [3.8, 4) is 23.0 Å². The van der Waals surface area contributed by atoms with Gasteiger partial charge in [0.1, 0.15) is 28.6 Å². The van der Waals surface area contributed by atoms with E-state index in [0.717, 1.165) is 0 Å². The van der Waals surface area contributed by atoms with Gasteiger partial charge in [0.2, 0.25) is 0 Å². The summed E-state index contributed by atoms with van der Waals surface area (Å²) in [6.07, 6.45) is 2.64. The Morgan fingerprint density at radius 1 is 1.07 bits per heavy atom. The summed E-state index contributed by atoms with van der Waals surface area (Å²) in [4.78, 5) is 24.3. The SMILES string of the molecule is COc1cc(O)cc(/C=C/C(=O)c2c(O)cc(OC)c3ccc(=O)oc23)c1. The lowest BCUT2D eigenvalue weighted by molar-refractivity contribution is 0.104. The highest BCUT2D eigenvalue weighted by Gasteiger charge is 2.19. The van der Waals surface area contributed by atoms with Gasteiger partial charge in [-0.15, -0.1) is 0 Å². The quantitative estimate of drug-likeness (QED) is 0.405. The first-order valence-electron chi connectivity index (χ1n) is 7.87. The van der Waals surface area contributed by atoms with Crippen molar-refractivity contribution in [3.63, 3.8) is 0 Å². The predicted molar refractivity (Wildman–Crippen MR) is 98.7 cm³/mol.